The molecule has 1 heterocycles. The molecule has 0 amide bonds. The molecular weight excluding hydrogens is 368 g/mol. The number of hydrogen-bond donors (Lipinski definition) is 2. The SMILES string of the molecule is CCNC(=NCC1CCN(S(C)(=O)=O)C1)Nc1ccc(OC)c(OCC)c1. The maximum atomic E-state index is 11.6. The van der Waals surface area contributed by atoms with Gasteiger partial charge in [-0.05, 0) is 38.3 Å². The number of rotatable bonds is 8. The molecule has 0 radical (unpaired) electrons. The summed E-state index contributed by atoms with van der Waals surface area (Å²) in [6.07, 6.45) is 2.08. The molecule has 2 N–H and O–H groups in total. The standard InChI is InChI=1S/C18H30N4O4S/c1-5-19-18(20-12-14-9-10-22(13-14)27(4,23)24)21-15-7-8-16(25-3)17(11-15)26-6-2/h7-8,11,14H,5-6,9-10,12-13H2,1-4H3,(H2,19,20,21). The highest BCUT2D eigenvalue weighted by atomic mass is 32.2. The van der Waals surface area contributed by atoms with Gasteiger partial charge in [-0.3, -0.25) is 4.99 Å². The Labute approximate surface area is 162 Å². The Morgan fingerprint density at radius 1 is 1.33 bits per heavy atom. The summed E-state index contributed by atoms with van der Waals surface area (Å²) in [6.45, 7) is 6.85. The Morgan fingerprint density at radius 2 is 2.11 bits per heavy atom. The van der Waals surface area contributed by atoms with E-state index in [1.165, 1.54) is 10.6 Å². The molecule has 1 unspecified atom stereocenters. The number of hydrogen-bond acceptors (Lipinski definition) is 5. The molecule has 8 nitrogen and oxygen atoms in total. The summed E-state index contributed by atoms with van der Waals surface area (Å²) < 4.78 is 35.7. The molecule has 0 spiro atoms. The highest BCUT2D eigenvalue weighted by Gasteiger charge is 2.28. The zero-order chi connectivity index (χ0) is 19.9. The Morgan fingerprint density at radius 3 is 2.70 bits per heavy atom. The quantitative estimate of drug-likeness (QED) is 0.512. The lowest BCUT2D eigenvalue weighted by molar-refractivity contribution is 0.311. The first-order chi connectivity index (χ1) is 12.9. The Kier molecular flexibility index (Phi) is 7.73. The second-order valence-corrected chi connectivity index (χ2v) is 8.40. The molecule has 0 aromatic heterocycles. The number of nitrogens with zero attached hydrogens (tertiary/aromatic N) is 2. The number of anilines is 1. The van der Waals surface area contributed by atoms with Gasteiger partial charge in [0.1, 0.15) is 0 Å². The maximum absolute atomic E-state index is 11.6. The van der Waals surface area contributed by atoms with Crippen LogP contribution < -0.4 is 20.1 Å². The van der Waals surface area contributed by atoms with Crippen molar-refractivity contribution in [2.45, 2.75) is 20.3 Å². The van der Waals surface area contributed by atoms with Crippen molar-refractivity contribution in [2.24, 2.45) is 10.9 Å². The van der Waals surface area contributed by atoms with E-state index < -0.39 is 10.0 Å². The van der Waals surface area contributed by atoms with Gasteiger partial charge in [-0.2, -0.15) is 0 Å². The monoisotopic (exact) mass is 398 g/mol. The molecule has 0 aliphatic carbocycles. The normalized spacial score (nSPS) is 18.4. The van der Waals surface area contributed by atoms with Gasteiger partial charge in [-0.15, -0.1) is 0 Å². The highest BCUT2D eigenvalue weighted by molar-refractivity contribution is 7.88. The van der Waals surface area contributed by atoms with Gasteiger partial charge >= 0.3 is 0 Å². The van der Waals surface area contributed by atoms with Gasteiger partial charge in [0.2, 0.25) is 10.0 Å². The van der Waals surface area contributed by atoms with Crippen LogP contribution in [-0.2, 0) is 10.0 Å². The smallest absolute Gasteiger partial charge is 0.211 e. The van der Waals surface area contributed by atoms with Crippen molar-refractivity contribution in [3.63, 3.8) is 0 Å². The molecule has 1 aliphatic rings. The van der Waals surface area contributed by atoms with E-state index >= 15 is 0 Å². The zero-order valence-corrected chi connectivity index (χ0v) is 17.3. The van der Waals surface area contributed by atoms with E-state index in [2.05, 4.69) is 15.6 Å². The number of sulfonamides is 1. The van der Waals surface area contributed by atoms with Crippen molar-refractivity contribution >= 4 is 21.7 Å². The molecule has 2 rings (SSSR count). The number of nitrogens with one attached hydrogen (secondary N) is 2. The van der Waals surface area contributed by atoms with Crippen LogP contribution in [0.2, 0.25) is 0 Å². The summed E-state index contributed by atoms with van der Waals surface area (Å²) in [6, 6.07) is 5.61. The van der Waals surface area contributed by atoms with Crippen molar-refractivity contribution in [3.05, 3.63) is 18.2 Å². The predicted octanol–water partition coefficient (Wildman–Crippen LogP) is 1.75. The number of guanidine groups is 1. The first-order valence-corrected chi connectivity index (χ1v) is 11.0. The Hall–Kier alpha value is -2.00. The molecular formula is C18H30N4O4S. The van der Waals surface area contributed by atoms with Crippen molar-refractivity contribution in [2.75, 3.05) is 51.5 Å². The molecule has 1 aromatic carbocycles. The minimum absolute atomic E-state index is 0.227. The second-order valence-electron chi connectivity index (χ2n) is 6.42. The van der Waals surface area contributed by atoms with E-state index in [4.69, 9.17) is 9.47 Å². The fourth-order valence-electron chi connectivity index (χ4n) is 2.93. The molecule has 0 bridgehead atoms. The van der Waals surface area contributed by atoms with Crippen LogP contribution >= 0.6 is 0 Å². The summed E-state index contributed by atoms with van der Waals surface area (Å²) >= 11 is 0. The third kappa shape index (κ3) is 6.28. The molecule has 1 aromatic rings. The Bertz CT molecular complexity index is 752. The lowest BCUT2D eigenvalue weighted by atomic mass is 10.1. The molecule has 9 heteroatoms. The van der Waals surface area contributed by atoms with Gasteiger partial charge in [-0.1, -0.05) is 0 Å². The van der Waals surface area contributed by atoms with Crippen LogP contribution in [0.3, 0.4) is 0 Å². The van der Waals surface area contributed by atoms with Gasteiger partial charge in [0.25, 0.3) is 0 Å². The van der Waals surface area contributed by atoms with Crippen molar-refractivity contribution < 1.29 is 17.9 Å². The number of methoxy groups -OCH3 is 1. The van der Waals surface area contributed by atoms with Crippen LogP contribution in [-0.4, -0.2) is 64.8 Å². The average molecular weight is 399 g/mol. The topological polar surface area (TPSA) is 92.3 Å². The summed E-state index contributed by atoms with van der Waals surface area (Å²) in [5.74, 6) is 2.23. The minimum atomic E-state index is -3.12. The van der Waals surface area contributed by atoms with E-state index in [0.29, 0.717) is 43.7 Å². The third-order valence-electron chi connectivity index (χ3n) is 4.30. The van der Waals surface area contributed by atoms with Gasteiger partial charge < -0.3 is 20.1 Å². The third-order valence-corrected chi connectivity index (χ3v) is 5.57. The van der Waals surface area contributed by atoms with Gasteiger partial charge in [0, 0.05) is 37.9 Å². The van der Waals surface area contributed by atoms with E-state index in [1.54, 1.807) is 7.11 Å². The molecule has 1 fully saturated rings. The summed E-state index contributed by atoms with van der Waals surface area (Å²) in [5.41, 5.74) is 0.836. The molecule has 1 atom stereocenters. The molecule has 0 saturated carbocycles. The van der Waals surface area contributed by atoms with Gasteiger partial charge in [0.15, 0.2) is 17.5 Å². The van der Waals surface area contributed by atoms with Gasteiger partial charge in [0.05, 0.1) is 20.0 Å². The van der Waals surface area contributed by atoms with E-state index in [9.17, 15) is 8.42 Å². The van der Waals surface area contributed by atoms with Crippen LogP contribution in [0.25, 0.3) is 0 Å². The lowest BCUT2D eigenvalue weighted by Crippen LogP contribution is -2.32. The van der Waals surface area contributed by atoms with Crippen LogP contribution in [0.15, 0.2) is 23.2 Å². The minimum Gasteiger partial charge on any atom is -0.493 e. The zero-order valence-electron chi connectivity index (χ0n) is 16.5. The Balaban J connectivity index is 2.05. The number of ether oxygens (including phenoxy) is 2. The summed E-state index contributed by atoms with van der Waals surface area (Å²) in [5, 5.41) is 6.48. The highest BCUT2D eigenvalue weighted by Crippen LogP contribution is 2.30. The van der Waals surface area contributed by atoms with Crippen LogP contribution in [0.5, 0.6) is 11.5 Å². The van der Waals surface area contributed by atoms with Crippen molar-refractivity contribution in [1.29, 1.82) is 0 Å². The molecule has 152 valence electrons. The fourth-order valence-corrected chi connectivity index (χ4v) is 3.85. The summed E-state index contributed by atoms with van der Waals surface area (Å²) in [4.78, 5) is 4.63. The van der Waals surface area contributed by atoms with Crippen LogP contribution in [0.1, 0.15) is 20.3 Å². The van der Waals surface area contributed by atoms with Crippen molar-refractivity contribution in [3.8, 4) is 11.5 Å². The predicted molar refractivity (Wildman–Crippen MR) is 108 cm³/mol. The first-order valence-electron chi connectivity index (χ1n) is 9.18. The first kappa shape index (κ1) is 21.3. The van der Waals surface area contributed by atoms with E-state index in [1.807, 2.05) is 32.0 Å². The molecule has 1 aliphatic heterocycles. The van der Waals surface area contributed by atoms with Crippen LogP contribution in [0, 0.1) is 5.92 Å². The largest absolute Gasteiger partial charge is 0.493 e. The lowest BCUT2D eigenvalue weighted by Gasteiger charge is -2.15. The van der Waals surface area contributed by atoms with Crippen LogP contribution in [0.4, 0.5) is 5.69 Å². The van der Waals surface area contributed by atoms with Gasteiger partial charge in [-0.25, -0.2) is 12.7 Å². The van der Waals surface area contributed by atoms with E-state index in [-0.39, 0.29) is 5.92 Å². The number of benzene rings is 1. The number of aliphatic imine (C=N–C) groups is 1. The second kappa shape index (κ2) is 9.80. The summed E-state index contributed by atoms with van der Waals surface area (Å²) in [7, 11) is -1.51. The van der Waals surface area contributed by atoms with Crippen molar-refractivity contribution in [1.82, 2.24) is 9.62 Å². The van der Waals surface area contributed by atoms with E-state index in [0.717, 1.165) is 18.7 Å². The fraction of sp³-hybridized carbons (Fsp3) is 0.611. The average Bonchev–Trinajstić information content (AvgIpc) is 3.10. The molecule has 27 heavy (non-hydrogen) atoms. The maximum Gasteiger partial charge on any atom is 0.211 e. The molecule has 1 saturated heterocycles.